The van der Waals surface area contributed by atoms with Crippen molar-refractivity contribution in [2.75, 3.05) is 13.1 Å². The van der Waals surface area contributed by atoms with E-state index in [1.807, 2.05) is 5.32 Å². The van der Waals surface area contributed by atoms with Crippen LogP contribution in [0.25, 0.3) is 0 Å². The third-order valence-corrected chi connectivity index (χ3v) is 5.12. The SMILES string of the molecule is O=C(O)NC1CN(S(=O)(=O)c2ccccc2[N+](=O)[O-])CC1O. The summed E-state index contributed by atoms with van der Waals surface area (Å²) in [6.45, 7) is -0.652. The number of nitrogens with zero attached hydrogens (tertiary/aromatic N) is 2. The van der Waals surface area contributed by atoms with Crippen LogP contribution in [0.15, 0.2) is 29.2 Å². The van der Waals surface area contributed by atoms with E-state index >= 15 is 0 Å². The zero-order valence-electron chi connectivity index (χ0n) is 11.1. The molecule has 2 rings (SSSR count). The first-order valence-corrected chi connectivity index (χ1v) is 7.58. The molecule has 1 aliphatic heterocycles. The Bertz CT molecular complexity index is 705. The van der Waals surface area contributed by atoms with Gasteiger partial charge < -0.3 is 15.5 Å². The van der Waals surface area contributed by atoms with Gasteiger partial charge in [-0.1, -0.05) is 12.1 Å². The fraction of sp³-hybridized carbons (Fsp3) is 0.364. The van der Waals surface area contributed by atoms with Gasteiger partial charge in [0.2, 0.25) is 10.0 Å². The lowest BCUT2D eigenvalue weighted by atomic mass is 10.2. The Morgan fingerprint density at radius 3 is 2.59 bits per heavy atom. The lowest BCUT2D eigenvalue weighted by Gasteiger charge is -2.16. The van der Waals surface area contributed by atoms with Gasteiger partial charge in [-0.25, -0.2) is 13.2 Å². The highest BCUT2D eigenvalue weighted by Crippen LogP contribution is 2.28. The first-order valence-electron chi connectivity index (χ1n) is 6.14. The third-order valence-electron chi connectivity index (χ3n) is 3.24. The topological polar surface area (TPSA) is 150 Å². The second-order valence-corrected chi connectivity index (χ2v) is 6.58. The summed E-state index contributed by atoms with van der Waals surface area (Å²) in [7, 11) is -4.22. The van der Waals surface area contributed by atoms with Crippen molar-refractivity contribution in [3.63, 3.8) is 0 Å². The van der Waals surface area contributed by atoms with Gasteiger partial charge in [0.05, 0.1) is 17.1 Å². The van der Waals surface area contributed by atoms with E-state index in [0.29, 0.717) is 0 Å². The van der Waals surface area contributed by atoms with Gasteiger partial charge in [0.15, 0.2) is 4.90 Å². The minimum Gasteiger partial charge on any atom is -0.465 e. The van der Waals surface area contributed by atoms with Crippen molar-refractivity contribution in [1.29, 1.82) is 0 Å². The van der Waals surface area contributed by atoms with Crippen LogP contribution in [0.2, 0.25) is 0 Å². The number of rotatable bonds is 4. The predicted octanol–water partition coefficient (Wildman–Crippen LogP) is -0.404. The summed E-state index contributed by atoms with van der Waals surface area (Å²) < 4.78 is 25.8. The highest BCUT2D eigenvalue weighted by atomic mass is 32.2. The van der Waals surface area contributed by atoms with E-state index in [2.05, 4.69) is 0 Å². The van der Waals surface area contributed by atoms with E-state index in [0.717, 1.165) is 16.4 Å². The maximum absolute atomic E-state index is 12.5. The number of hydrogen-bond acceptors (Lipinski definition) is 6. The van der Waals surface area contributed by atoms with Gasteiger partial charge >= 0.3 is 6.09 Å². The van der Waals surface area contributed by atoms with Crippen LogP contribution in [0.1, 0.15) is 0 Å². The van der Waals surface area contributed by atoms with Gasteiger partial charge in [-0.05, 0) is 6.07 Å². The highest BCUT2D eigenvalue weighted by Gasteiger charge is 2.41. The molecule has 0 aliphatic carbocycles. The molecule has 1 aromatic carbocycles. The quantitative estimate of drug-likeness (QED) is 0.501. The molecule has 0 aromatic heterocycles. The number of para-hydroxylation sites is 1. The first kappa shape index (κ1) is 16.1. The molecule has 1 fully saturated rings. The molecule has 11 heteroatoms. The number of nitrogens with one attached hydrogen (secondary N) is 1. The van der Waals surface area contributed by atoms with E-state index in [9.17, 15) is 28.4 Å². The van der Waals surface area contributed by atoms with Crippen molar-refractivity contribution >= 4 is 21.8 Å². The molecule has 1 aromatic rings. The fourth-order valence-electron chi connectivity index (χ4n) is 2.21. The summed E-state index contributed by atoms with van der Waals surface area (Å²) in [6.07, 6.45) is -2.62. The molecule has 2 atom stereocenters. The molecule has 0 bridgehead atoms. The summed E-state index contributed by atoms with van der Waals surface area (Å²) in [5.41, 5.74) is -0.577. The average Bonchev–Trinajstić information content (AvgIpc) is 2.80. The van der Waals surface area contributed by atoms with Gasteiger partial charge in [-0.3, -0.25) is 10.1 Å². The Morgan fingerprint density at radius 1 is 1.36 bits per heavy atom. The number of aliphatic hydroxyl groups excluding tert-OH is 1. The Kier molecular flexibility index (Phi) is 4.30. The number of hydrogen-bond donors (Lipinski definition) is 3. The van der Waals surface area contributed by atoms with Crippen LogP contribution in [0.5, 0.6) is 0 Å². The standard InChI is InChI=1S/C11H13N3O7S/c15-9-6-13(5-7(9)12-11(16)17)22(20,21)10-4-2-1-3-8(10)14(18)19/h1-4,7,9,12,15H,5-6H2,(H,16,17). The Labute approximate surface area is 125 Å². The number of carboxylic acid groups (broad SMARTS) is 1. The second kappa shape index (κ2) is 5.87. The highest BCUT2D eigenvalue weighted by molar-refractivity contribution is 7.89. The molecule has 3 N–H and O–H groups in total. The van der Waals surface area contributed by atoms with Gasteiger partial charge in [-0.2, -0.15) is 4.31 Å². The summed E-state index contributed by atoms with van der Waals surface area (Å²) in [5.74, 6) is 0. The maximum Gasteiger partial charge on any atom is 0.405 e. The summed E-state index contributed by atoms with van der Waals surface area (Å²) in [6, 6.07) is 3.85. The van der Waals surface area contributed by atoms with E-state index < -0.39 is 43.8 Å². The van der Waals surface area contributed by atoms with Crippen molar-refractivity contribution in [2.45, 2.75) is 17.0 Å². The fourth-order valence-corrected chi connectivity index (χ4v) is 3.85. The number of carbonyl (C=O) groups is 1. The number of sulfonamides is 1. The Morgan fingerprint density at radius 2 is 2.00 bits per heavy atom. The Balaban J connectivity index is 2.33. The molecule has 1 saturated heterocycles. The van der Waals surface area contributed by atoms with Gasteiger partial charge in [0, 0.05) is 19.2 Å². The minimum atomic E-state index is -4.22. The number of β-amino-alcohol motifs (C(OH)–C–C–N with tert-alkyl or cyclic N) is 1. The summed E-state index contributed by atoms with van der Waals surface area (Å²) >= 11 is 0. The van der Waals surface area contributed by atoms with Gasteiger partial charge in [0.25, 0.3) is 5.69 Å². The van der Waals surface area contributed by atoms with E-state index in [-0.39, 0.29) is 13.1 Å². The van der Waals surface area contributed by atoms with Gasteiger partial charge in [-0.15, -0.1) is 0 Å². The number of benzene rings is 1. The van der Waals surface area contributed by atoms with Crippen LogP contribution < -0.4 is 5.32 Å². The molecule has 120 valence electrons. The molecule has 10 nitrogen and oxygen atoms in total. The third kappa shape index (κ3) is 3.00. The lowest BCUT2D eigenvalue weighted by Crippen LogP contribution is -2.42. The normalized spacial score (nSPS) is 22.4. The lowest BCUT2D eigenvalue weighted by molar-refractivity contribution is -0.387. The maximum atomic E-state index is 12.5. The molecule has 1 heterocycles. The molecule has 0 spiro atoms. The number of amides is 1. The van der Waals surface area contributed by atoms with Crippen LogP contribution in [-0.2, 0) is 10.0 Å². The van der Waals surface area contributed by atoms with E-state index in [1.165, 1.54) is 12.1 Å². The smallest absolute Gasteiger partial charge is 0.405 e. The molecule has 2 unspecified atom stereocenters. The second-order valence-electron chi connectivity index (χ2n) is 4.67. The van der Waals surface area contributed by atoms with Crippen molar-refractivity contribution in [3.8, 4) is 0 Å². The van der Waals surface area contributed by atoms with Crippen LogP contribution in [0.3, 0.4) is 0 Å². The summed E-state index contributed by atoms with van der Waals surface area (Å²) in [4.78, 5) is 20.2. The zero-order valence-corrected chi connectivity index (χ0v) is 11.9. The molecule has 0 radical (unpaired) electrons. The monoisotopic (exact) mass is 331 g/mol. The summed E-state index contributed by atoms with van der Waals surface area (Å²) in [5, 5.41) is 31.3. The Hall–Kier alpha value is -2.24. The van der Waals surface area contributed by atoms with Crippen molar-refractivity contribution < 1.29 is 28.3 Å². The van der Waals surface area contributed by atoms with Crippen LogP contribution in [0.4, 0.5) is 10.5 Å². The van der Waals surface area contributed by atoms with Crippen molar-refractivity contribution in [2.24, 2.45) is 0 Å². The molecular weight excluding hydrogens is 318 g/mol. The average molecular weight is 331 g/mol. The van der Waals surface area contributed by atoms with E-state index in [1.54, 1.807) is 0 Å². The van der Waals surface area contributed by atoms with Crippen molar-refractivity contribution in [3.05, 3.63) is 34.4 Å². The molecular formula is C11H13N3O7S. The van der Waals surface area contributed by atoms with Crippen LogP contribution in [0, 0.1) is 10.1 Å². The molecule has 1 amide bonds. The molecule has 1 aliphatic rings. The van der Waals surface area contributed by atoms with Crippen molar-refractivity contribution in [1.82, 2.24) is 9.62 Å². The minimum absolute atomic E-state index is 0.304. The number of nitro benzene ring substituents is 1. The van der Waals surface area contributed by atoms with Crippen LogP contribution in [-0.4, -0.2) is 59.2 Å². The predicted molar refractivity (Wildman–Crippen MR) is 72.8 cm³/mol. The van der Waals surface area contributed by atoms with E-state index in [4.69, 9.17) is 5.11 Å². The number of nitro groups is 1. The molecule has 0 saturated carbocycles. The number of aliphatic hydroxyl groups is 1. The van der Waals surface area contributed by atoms with Crippen LogP contribution >= 0.6 is 0 Å². The van der Waals surface area contributed by atoms with Gasteiger partial charge in [0.1, 0.15) is 0 Å². The first-order chi connectivity index (χ1) is 10.2. The molecule has 22 heavy (non-hydrogen) atoms. The zero-order chi connectivity index (χ0) is 16.5. The largest absolute Gasteiger partial charge is 0.465 e.